The fourth-order valence-electron chi connectivity index (χ4n) is 2.06. The minimum absolute atomic E-state index is 0.0926. The van der Waals surface area contributed by atoms with E-state index in [9.17, 15) is 14.4 Å². The van der Waals surface area contributed by atoms with E-state index >= 15 is 0 Å². The van der Waals surface area contributed by atoms with Crippen molar-refractivity contribution in [2.45, 2.75) is 25.7 Å². The summed E-state index contributed by atoms with van der Waals surface area (Å²) >= 11 is 0. The highest BCUT2D eigenvalue weighted by atomic mass is 16.5. The van der Waals surface area contributed by atoms with Gasteiger partial charge in [0.15, 0.2) is 0 Å². The predicted molar refractivity (Wildman–Crippen MR) is 56.3 cm³/mol. The van der Waals surface area contributed by atoms with Crippen molar-refractivity contribution in [2.24, 2.45) is 11.8 Å². The monoisotopic (exact) mass is 222 g/mol. The van der Waals surface area contributed by atoms with Gasteiger partial charge in [-0.2, -0.15) is 0 Å². The Morgan fingerprint density at radius 2 is 2.25 bits per heavy atom. The van der Waals surface area contributed by atoms with Crippen LogP contribution in [0.15, 0.2) is 0 Å². The fourth-order valence-corrected chi connectivity index (χ4v) is 2.06. The Kier molecular flexibility index (Phi) is 4.24. The molecule has 4 heteroatoms. The van der Waals surface area contributed by atoms with Crippen molar-refractivity contribution in [1.29, 1.82) is 0 Å². The molecule has 86 valence electrons. The number of methoxy groups -OCH3 is 1. The summed E-state index contributed by atoms with van der Waals surface area (Å²) in [5, 5.41) is 0. The largest absolute Gasteiger partial charge is 0.468 e. The number of esters is 1. The summed E-state index contributed by atoms with van der Waals surface area (Å²) in [7, 11) is 1.26. The third kappa shape index (κ3) is 2.69. The summed E-state index contributed by atoms with van der Waals surface area (Å²) in [4.78, 5) is 33.8. The molecule has 4 nitrogen and oxygen atoms in total. The SMILES string of the molecule is C#CC(=O)CCC1CCC(=O)C1C(=O)OC. The van der Waals surface area contributed by atoms with E-state index < -0.39 is 11.9 Å². The van der Waals surface area contributed by atoms with Gasteiger partial charge < -0.3 is 4.74 Å². The average Bonchev–Trinajstić information content (AvgIpc) is 2.66. The Morgan fingerprint density at radius 1 is 1.56 bits per heavy atom. The van der Waals surface area contributed by atoms with E-state index in [0.29, 0.717) is 19.3 Å². The van der Waals surface area contributed by atoms with Gasteiger partial charge in [0.25, 0.3) is 0 Å². The van der Waals surface area contributed by atoms with Crippen LogP contribution < -0.4 is 0 Å². The van der Waals surface area contributed by atoms with E-state index in [4.69, 9.17) is 6.42 Å². The number of carbonyl (C=O) groups is 3. The lowest BCUT2D eigenvalue weighted by molar-refractivity contribution is -0.150. The predicted octanol–water partition coefficient (Wildman–Crippen LogP) is 0.737. The molecule has 0 aromatic carbocycles. The van der Waals surface area contributed by atoms with Crippen LogP contribution in [0.1, 0.15) is 25.7 Å². The second-order valence-electron chi connectivity index (χ2n) is 3.87. The van der Waals surface area contributed by atoms with Gasteiger partial charge in [-0.25, -0.2) is 0 Å². The van der Waals surface area contributed by atoms with Gasteiger partial charge in [0.05, 0.1) is 7.11 Å². The van der Waals surface area contributed by atoms with Gasteiger partial charge in [-0.1, -0.05) is 0 Å². The fraction of sp³-hybridized carbons (Fsp3) is 0.583. The molecule has 0 aliphatic heterocycles. The molecule has 0 spiro atoms. The molecule has 0 radical (unpaired) electrons. The van der Waals surface area contributed by atoms with Gasteiger partial charge in [0, 0.05) is 12.8 Å². The zero-order valence-corrected chi connectivity index (χ0v) is 9.19. The third-order valence-corrected chi connectivity index (χ3v) is 2.94. The zero-order valence-electron chi connectivity index (χ0n) is 9.19. The molecule has 16 heavy (non-hydrogen) atoms. The summed E-state index contributed by atoms with van der Waals surface area (Å²) in [5.41, 5.74) is 0. The van der Waals surface area contributed by atoms with Crippen molar-refractivity contribution >= 4 is 17.5 Å². The van der Waals surface area contributed by atoms with Crippen LogP contribution in [-0.2, 0) is 19.1 Å². The second kappa shape index (κ2) is 5.45. The quantitative estimate of drug-likeness (QED) is 0.304. The van der Waals surface area contributed by atoms with E-state index in [0.717, 1.165) is 0 Å². The molecule has 0 amide bonds. The standard InChI is InChI=1S/C12H14O4/c1-3-9(13)6-4-8-5-7-10(14)11(8)12(15)16-2/h1,8,11H,4-7H2,2H3. The molecule has 2 atom stereocenters. The van der Waals surface area contributed by atoms with E-state index in [2.05, 4.69) is 4.74 Å². The molecule has 0 N–H and O–H groups in total. The van der Waals surface area contributed by atoms with Crippen LogP contribution >= 0.6 is 0 Å². The lowest BCUT2D eigenvalue weighted by Crippen LogP contribution is -2.26. The number of hydrogen-bond donors (Lipinski definition) is 0. The highest BCUT2D eigenvalue weighted by Gasteiger charge is 2.40. The summed E-state index contributed by atoms with van der Waals surface area (Å²) in [6.07, 6.45) is 6.67. The first-order chi connectivity index (χ1) is 7.60. The van der Waals surface area contributed by atoms with Crippen molar-refractivity contribution in [3.63, 3.8) is 0 Å². The van der Waals surface area contributed by atoms with Crippen LogP contribution in [-0.4, -0.2) is 24.6 Å². The van der Waals surface area contributed by atoms with E-state index in [1.807, 2.05) is 5.92 Å². The van der Waals surface area contributed by atoms with Crippen LogP contribution in [0.3, 0.4) is 0 Å². The first-order valence-corrected chi connectivity index (χ1v) is 5.20. The van der Waals surface area contributed by atoms with Crippen LogP contribution in [0.25, 0.3) is 0 Å². The molecule has 0 aromatic rings. The maximum Gasteiger partial charge on any atom is 0.316 e. The number of ketones is 2. The molecule has 0 bridgehead atoms. The Morgan fingerprint density at radius 3 is 2.81 bits per heavy atom. The summed E-state index contributed by atoms with van der Waals surface area (Å²) in [6, 6.07) is 0. The number of rotatable bonds is 4. The molecule has 1 aliphatic rings. The smallest absolute Gasteiger partial charge is 0.316 e. The number of carbonyl (C=O) groups excluding carboxylic acids is 3. The number of hydrogen-bond acceptors (Lipinski definition) is 4. The lowest BCUT2D eigenvalue weighted by Gasteiger charge is -2.14. The van der Waals surface area contributed by atoms with E-state index in [-0.39, 0.29) is 23.9 Å². The normalized spacial score (nSPS) is 23.9. The van der Waals surface area contributed by atoms with Crippen molar-refractivity contribution in [3.8, 4) is 12.3 Å². The average molecular weight is 222 g/mol. The Hall–Kier alpha value is -1.63. The summed E-state index contributed by atoms with van der Waals surface area (Å²) < 4.78 is 4.58. The van der Waals surface area contributed by atoms with Crippen molar-refractivity contribution in [3.05, 3.63) is 0 Å². The minimum Gasteiger partial charge on any atom is -0.468 e. The third-order valence-electron chi connectivity index (χ3n) is 2.94. The van der Waals surface area contributed by atoms with Crippen LogP contribution in [0.4, 0.5) is 0 Å². The molecule has 1 rings (SSSR count). The Bertz CT molecular complexity index is 351. The van der Waals surface area contributed by atoms with Crippen LogP contribution in [0, 0.1) is 24.2 Å². The van der Waals surface area contributed by atoms with Crippen molar-refractivity contribution in [2.75, 3.05) is 7.11 Å². The highest BCUT2D eigenvalue weighted by Crippen LogP contribution is 2.33. The Balaban J connectivity index is 2.59. The van der Waals surface area contributed by atoms with Gasteiger partial charge >= 0.3 is 5.97 Å². The van der Waals surface area contributed by atoms with Gasteiger partial charge in [-0.3, -0.25) is 14.4 Å². The Labute approximate surface area is 94.3 Å². The first kappa shape index (κ1) is 12.4. The van der Waals surface area contributed by atoms with Gasteiger partial charge in [-0.15, -0.1) is 6.42 Å². The van der Waals surface area contributed by atoms with Crippen molar-refractivity contribution in [1.82, 2.24) is 0 Å². The number of terminal acetylenes is 1. The van der Waals surface area contributed by atoms with E-state index in [1.165, 1.54) is 7.11 Å². The van der Waals surface area contributed by atoms with Gasteiger partial charge in [-0.05, 0) is 24.7 Å². The lowest BCUT2D eigenvalue weighted by atomic mass is 9.90. The van der Waals surface area contributed by atoms with Gasteiger partial charge in [0.2, 0.25) is 5.78 Å². The topological polar surface area (TPSA) is 60.4 Å². The molecular weight excluding hydrogens is 208 g/mol. The van der Waals surface area contributed by atoms with Crippen LogP contribution in [0.2, 0.25) is 0 Å². The molecule has 1 aliphatic carbocycles. The highest BCUT2D eigenvalue weighted by molar-refractivity contribution is 6.01. The molecular formula is C12H14O4. The maximum atomic E-state index is 11.5. The molecule has 1 saturated carbocycles. The molecule has 1 fully saturated rings. The number of ether oxygens (including phenoxy) is 1. The molecule has 0 aromatic heterocycles. The molecule has 0 saturated heterocycles. The molecule has 0 heterocycles. The summed E-state index contributed by atoms with van der Waals surface area (Å²) in [6.45, 7) is 0. The summed E-state index contributed by atoms with van der Waals surface area (Å²) in [5.74, 6) is 0.339. The zero-order chi connectivity index (χ0) is 12.1. The molecule has 2 unspecified atom stereocenters. The second-order valence-corrected chi connectivity index (χ2v) is 3.87. The maximum absolute atomic E-state index is 11.5. The van der Waals surface area contributed by atoms with Crippen LogP contribution in [0.5, 0.6) is 0 Å². The van der Waals surface area contributed by atoms with Gasteiger partial charge in [0.1, 0.15) is 11.7 Å². The van der Waals surface area contributed by atoms with Crippen molar-refractivity contribution < 1.29 is 19.1 Å². The first-order valence-electron chi connectivity index (χ1n) is 5.20. The van der Waals surface area contributed by atoms with E-state index in [1.54, 1.807) is 0 Å². The minimum atomic E-state index is -0.699. The number of Topliss-reactive ketones (excluding diaryl/α,β-unsaturated/α-hetero) is 2.